The molecule has 4 rings (SSSR count). The van der Waals surface area contributed by atoms with Crippen molar-refractivity contribution < 1.29 is 4.39 Å². The maximum Gasteiger partial charge on any atom is 0.141 e. The highest BCUT2D eigenvalue weighted by Gasteiger charge is 2.30. The van der Waals surface area contributed by atoms with E-state index in [1.54, 1.807) is 12.1 Å². The average Bonchev–Trinajstić information content (AvgIpc) is 2.92. The highest BCUT2D eigenvalue weighted by Crippen LogP contribution is 2.35. The van der Waals surface area contributed by atoms with Crippen LogP contribution in [0.4, 0.5) is 4.39 Å². The molecule has 0 aromatic heterocycles. The highest BCUT2D eigenvalue weighted by molar-refractivity contribution is 6.91. The maximum absolute atomic E-state index is 14.0. The molecule has 2 heterocycles. The van der Waals surface area contributed by atoms with Gasteiger partial charge in [0, 0.05) is 28.9 Å². The SMILES string of the molecule is Cn1c2nc3ccc(C#N)cc3c-2c([Si](C)(C)C)c2cc(F)ccc21. The van der Waals surface area contributed by atoms with Crippen LogP contribution in [0.2, 0.25) is 19.6 Å². The van der Waals surface area contributed by atoms with E-state index in [1.807, 2.05) is 29.8 Å². The molecule has 3 nitrogen and oxygen atoms in total. The normalized spacial score (nSPS) is 12.2. The van der Waals surface area contributed by atoms with E-state index in [4.69, 9.17) is 4.98 Å². The first kappa shape index (κ1) is 15.8. The van der Waals surface area contributed by atoms with E-state index in [9.17, 15) is 9.65 Å². The molecule has 0 saturated heterocycles. The molecule has 0 spiro atoms. The van der Waals surface area contributed by atoms with Crippen molar-refractivity contribution in [2.45, 2.75) is 19.6 Å². The van der Waals surface area contributed by atoms with Gasteiger partial charge in [0.2, 0.25) is 0 Å². The number of pyridine rings is 1. The molecule has 124 valence electrons. The lowest BCUT2D eigenvalue weighted by molar-refractivity contribution is 0.629. The van der Waals surface area contributed by atoms with E-state index in [0.29, 0.717) is 5.56 Å². The van der Waals surface area contributed by atoms with Crippen LogP contribution in [0.1, 0.15) is 5.56 Å². The number of rotatable bonds is 1. The summed E-state index contributed by atoms with van der Waals surface area (Å²) >= 11 is 0. The van der Waals surface area contributed by atoms with Crippen LogP contribution in [0.5, 0.6) is 0 Å². The van der Waals surface area contributed by atoms with Gasteiger partial charge in [-0.2, -0.15) is 5.26 Å². The number of hydrogen-bond acceptors (Lipinski definition) is 2. The van der Waals surface area contributed by atoms with Crippen LogP contribution in [0, 0.1) is 17.1 Å². The monoisotopic (exact) mass is 347 g/mol. The Hall–Kier alpha value is -2.71. The van der Waals surface area contributed by atoms with E-state index in [1.165, 1.54) is 11.3 Å². The Kier molecular flexibility index (Phi) is 3.25. The molecule has 5 heteroatoms. The lowest BCUT2D eigenvalue weighted by Gasteiger charge is -2.25. The topological polar surface area (TPSA) is 41.6 Å². The van der Waals surface area contributed by atoms with Gasteiger partial charge in [-0.1, -0.05) is 19.6 Å². The number of halogens is 1. The first-order valence-electron chi connectivity index (χ1n) is 8.23. The average molecular weight is 347 g/mol. The zero-order valence-electron chi connectivity index (χ0n) is 14.7. The highest BCUT2D eigenvalue weighted by atomic mass is 28.3. The summed E-state index contributed by atoms with van der Waals surface area (Å²) < 4.78 is 16.1. The summed E-state index contributed by atoms with van der Waals surface area (Å²) in [5, 5.41) is 12.4. The van der Waals surface area contributed by atoms with Crippen molar-refractivity contribution in [2.24, 2.45) is 7.05 Å². The van der Waals surface area contributed by atoms with Crippen LogP contribution >= 0.6 is 0 Å². The predicted octanol–water partition coefficient (Wildman–Crippen LogP) is 4.39. The number of nitrogens with zero attached hydrogens (tertiary/aromatic N) is 3. The van der Waals surface area contributed by atoms with Gasteiger partial charge in [-0.15, -0.1) is 0 Å². The molecule has 2 aliphatic heterocycles. The number of fused-ring (bicyclic) bond motifs is 4. The van der Waals surface area contributed by atoms with Crippen LogP contribution in [0.3, 0.4) is 0 Å². The molecule has 2 aliphatic rings. The second-order valence-electron chi connectivity index (χ2n) is 7.50. The number of hydrogen-bond donors (Lipinski definition) is 0. The van der Waals surface area contributed by atoms with E-state index >= 15 is 0 Å². The van der Waals surface area contributed by atoms with Gasteiger partial charge in [0.1, 0.15) is 11.6 Å². The van der Waals surface area contributed by atoms with E-state index in [2.05, 4.69) is 25.7 Å². The van der Waals surface area contributed by atoms with Gasteiger partial charge in [-0.3, -0.25) is 0 Å². The van der Waals surface area contributed by atoms with Crippen molar-refractivity contribution in [3.8, 4) is 17.5 Å². The van der Waals surface area contributed by atoms with Crippen molar-refractivity contribution in [1.82, 2.24) is 9.55 Å². The van der Waals surface area contributed by atoms with Crippen LogP contribution in [-0.2, 0) is 7.05 Å². The van der Waals surface area contributed by atoms with E-state index < -0.39 is 8.07 Å². The summed E-state index contributed by atoms with van der Waals surface area (Å²) in [6, 6.07) is 12.8. The first-order chi connectivity index (χ1) is 11.8. The van der Waals surface area contributed by atoms with Gasteiger partial charge >= 0.3 is 0 Å². The summed E-state index contributed by atoms with van der Waals surface area (Å²) in [5.74, 6) is 0.662. The number of nitriles is 1. The second kappa shape index (κ2) is 5.14. The van der Waals surface area contributed by atoms with E-state index in [0.717, 1.165) is 33.2 Å². The summed E-state index contributed by atoms with van der Waals surface area (Å²) in [6.45, 7) is 6.79. The Balaban J connectivity index is 2.33. The molecule has 0 saturated carbocycles. The molecule has 0 amide bonds. The van der Waals surface area contributed by atoms with Gasteiger partial charge in [-0.05, 0) is 41.6 Å². The van der Waals surface area contributed by atoms with Gasteiger partial charge in [0.25, 0.3) is 0 Å². The van der Waals surface area contributed by atoms with Crippen LogP contribution in [-0.4, -0.2) is 17.6 Å². The van der Waals surface area contributed by atoms with Gasteiger partial charge in [0.15, 0.2) is 0 Å². The quantitative estimate of drug-likeness (QED) is 0.479. The third kappa shape index (κ3) is 2.25. The molecule has 2 aromatic carbocycles. The maximum atomic E-state index is 14.0. The summed E-state index contributed by atoms with van der Waals surface area (Å²) in [7, 11) is 0.146. The van der Waals surface area contributed by atoms with E-state index in [-0.39, 0.29) is 5.82 Å². The molecular weight excluding hydrogens is 329 g/mol. The largest absolute Gasteiger partial charge is 0.328 e. The van der Waals surface area contributed by atoms with Gasteiger partial charge in [0.05, 0.1) is 25.2 Å². The molecule has 0 aliphatic carbocycles. The fraction of sp³-hybridized carbons (Fsp3) is 0.200. The summed E-state index contributed by atoms with van der Waals surface area (Å²) in [4.78, 5) is 4.82. The fourth-order valence-corrected chi connectivity index (χ4v) is 5.72. The minimum Gasteiger partial charge on any atom is -0.328 e. The Labute approximate surface area is 146 Å². The molecule has 0 N–H and O–H groups in total. The summed E-state index contributed by atoms with van der Waals surface area (Å²) in [5.41, 5.74) is 3.53. The fourth-order valence-electron chi connectivity index (χ4n) is 3.71. The Bertz CT molecular complexity index is 1160. The Morgan fingerprint density at radius 2 is 1.84 bits per heavy atom. The zero-order chi connectivity index (χ0) is 17.9. The van der Waals surface area contributed by atoms with Crippen molar-refractivity contribution >= 4 is 35.1 Å². The van der Waals surface area contributed by atoms with Crippen molar-refractivity contribution in [3.63, 3.8) is 0 Å². The Morgan fingerprint density at radius 3 is 2.52 bits per heavy atom. The predicted molar refractivity (Wildman–Crippen MR) is 102 cm³/mol. The molecule has 0 bridgehead atoms. The molecular formula is C20H18FN3Si. The lowest BCUT2D eigenvalue weighted by atomic mass is 10.1. The number of benzene rings is 2. The smallest absolute Gasteiger partial charge is 0.141 e. The number of aryl methyl sites for hydroxylation is 1. The molecule has 0 radical (unpaired) electrons. The molecule has 0 atom stereocenters. The minimum absolute atomic E-state index is 0.229. The minimum atomic E-state index is -1.82. The first-order valence-corrected chi connectivity index (χ1v) is 11.7. The van der Waals surface area contributed by atoms with Crippen LogP contribution < -0.4 is 5.19 Å². The zero-order valence-corrected chi connectivity index (χ0v) is 15.7. The second-order valence-corrected chi connectivity index (χ2v) is 12.5. The standard InChI is InChI=1S/C20H18FN3Si/c1-24-17-8-6-13(21)10-15(17)19(25(2,3)4)18-14-9-12(11-22)5-7-16(14)23-20(18)24/h5-10H,1-4H3. The molecule has 0 unspecified atom stereocenters. The van der Waals surface area contributed by atoms with Gasteiger partial charge in [-0.25, -0.2) is 9.37 Å². The number of aromatic nitrogens is 2. The third-order valence-corrected chi connectivity index (χ3v) is 6.77. The third-order valence-electron chi connectivity index (χ3n) is 4.75. The van der Waals surface area contributed by atoms with Crippen LogP contribution in [0.15, 0.2) is 36.4 Å². The Morgan fingerprint density at radius 1 is 1.08 bits per heavy atom. The van der Waals surface area contributed by atoms with Crippen molar-refractivity contribution in [1.29, 1.82) is 5.26 Å². The van der Waals surface area contributed by atoms with Gasteiger partial charge < -0.3 is 4.57 Å². The van der Waals surface area contributed by atoms with Crippen LogP contribution in [0.25, 0.3) is 33.2 Å². The van der Waals surface area contributed by atoms with Crippen molar-refractivity contribution in [2.75, 3.05) is 0 Å². The molecule has 25 heavy (non-hydrogen) atoms. The molecule has 0 fully saturated rings. The lowest BCUT2D eigenvalue weighted by Crippen LogP contribution is -2.40. The van der Waals surface area contributed by atoms with Crippen molar-refractivity contribution in [3.05, 3.63) is 47.8 Å². The summed E-state index contributed by atoms with van der Waals surface area (Å²) in [6.07, 6.45) is 0. The molecule has 2 aromatic rings.